The van der Waals surface area contributed by atoms with Gasteiger partial charge in [0.25, 0.3) is 0 Å². The predicted octanol–water partition coefficient (Wildman–Crippen LogP) is 3.70. The van der Waals surface area contributed by atoms with Crippen molar-refractivity contribution in [1.29, 1.82) is 0 Å². The van der Waals surface area contributed by atoms with Gasteiger partial charge in [0.15, 0.2) is 0 Å². The van der Waals surface area contributed by atoms with Crippen LogP contribution in [0.4, 0.5) is 0 Å². The number of hydrogen-bond donors (Lipinski definition) is 0. The molecule has 0 bridgehead atoms. The zero-order valence-corrected chi connectivity index (χ0v) is 11.7. The largest absolute Gasteiger partial charge is 0.466 e. The first-order chi connectivity index (χ1) is 9.29. The highest BCUT2D eigenvalue weighted by Gasteiger charge is 2.22. The van der Waals surface area contributed by atoms with Crippen LogP contribution in [0.25, 0.3) is 0 Å². The number of hydrogen-bond acceptors (Lipinski definition) is 3. The van der Waals surface area contributed by atoms with Crippen molar-refractivity contribution in [2.24, 2.45) is 5.92 Å². The molecule has 3 heteroatoms. The van der Waals surface area contributed by atoms with E-state index in [4.69, 9.17) is 4.74 Å². The first-order valence-electron chi connectivity index (χ1n) is 7.35. The first-order valence-corrected chi connectivity index (χ1v) is 7.35. The molecule has 1 aliphatic rings. The van der Waals surface area contributed by atoms with E-state index in [1.165, 1.54) is 31.2 Å². The van der Waals surface area contributed by atoms with Gasteiger partial charge in [-0.15, -0.1) is 0 Å². The summed E-state index contributed by atoms with van der Waals surface area (Å²) in [6, 6.07) is 4.26. The molecule has 0 N–H and O–H groups in total. The molecule has 19 heavy (non-hydrogen) atoms. The molecule has 0 atom stereocenters. The van der Waals surface area contributed by atoms with Gasteiger partial charge in [-0.25, -0.2) is 0 Å². The Bertz CT molecular complexity index is 383. The normalized spacial score (nSPS) is 23.0. The minimum atomic E-state index is -0.0428. The lowest BCUT2D eigenvalue weighted by atomic mass is 9.77. The molecular formula is C16H23NO2. The smallest absolute Gasteiger partial charge is 0.305 e. The van der Waals surface area contributed by atoms with E-state index < -0.39 is 0 Å². The molecule has 1 saturated carbocycles. The average molecular weight is 261 g/mol. The number of carbonyl (C=O) groups is 1. The number of esters is 1. The van der Waals surface area contributed by atoms with Crippen molar-refractivity contribution >= 4 is 5.97 Å². The Hall–Kier alpha value is -1.38. The second kappa shape index (κ2) is 7.27. The van der Waals surface area contributed by atoms with Crippen molar-refractivity contribution in [1.82, 2.24) is 4.98 Å². The van der Waals surface area contributed by atoms with Gasteiger partial charge in [0.1, 0.15) is 0 Å². The summed E-state index contributed by atoms with van der Waals surface area (Å²) in [6.07, 6.45) is 10.2. The Morgan fingerprint density at radius 2 is 1.95 bits per heavy atom. The zero-order valence-electron chi connectivity index (χ0n) is 11.7. The van der Waals surface area contributed by atoms with Crippen molar-refractivity contribution in [2.45, 2.75) is 51.4 Å². The summed E-state index contributed by atoms with van der Waals surface area (Å²) < 4.78 is 4.98. The van der Waals surface area contributed by atoms with Crippen molar-refractivity contribution in [2.75, 3.05) is 6.61 Å². The fraction of sp³-hybridized carbons (Fsp3) is 0.625. The second-order valence-electron chi connectivity index (χ2n) is 5.34. The molecule has 1 aliphatic carbocycles. The highest BCUT2D eigenvalue weighted by molar-refractivity contribution is 5.69. The Labute approximate surface area is 115 Å². The molecule has 0 aliphatic heterocycles. The quantitative estimate of drug-likeness (QED) is 0.759. The molecule has 104 valence electrons. The second-order valence-corrected chi connectivity index (χ2v) is 5.34. The van der Waals surface area contributed by atoms with Crippen LogP contribution in [0, 0.1) is 5.92 Å². The third-order valence-corrected chi connectivity index (χ3v) is 4.09. The third kappa shape index (κ3) is 4.34. The Kier molecular flexibility index (Phi) is 5.37. The van der Waals surface area contributed by atoms with Gasteiger partial charge in [0.2, 0.25) is 0 Å². The van der Waals surface area contributed by atoms with Crippen LogP contribution in [0.15, 0.2) is 24.5 Å². The molecule has 1 fully saturated rings. The summed E-state index contributed by atoms with van der Waals surface area (Å²) in [5, 5.41) is 0. The van der Waals surface area contributed by atoms with E-state index in [1.807, 2.05) is 19.3 Å². The molecular weight excluding hydrogens is 238 g/mol. The highest BCUT2D eigenvalue weighted by Crippen LogP contribution is 2.37. The highest BCUT2D eigenvalue weighted by atomic mass is 16.5. The fourth-order valence-electron chi connectivity index (χ4n) is 2.98. The third-order valence-electron chi connectivity index (χ3n) is 4.09. The molecule has 1 aromatic rings. The first kappa shape index (κ1) is 14.0. The van der Waals surface area contributed by atoms with Crippen molar-refractivity contribution < 1.29 is 9.53 Å². The monoisotopic (exact) mass is 261 g/mol. The van der Waals surface area contributed by atoms with E-state index in [0.29, 0.717) is 24.9 Å². The van der Waals surface area contributed by atoms with Gasteiger partial charge in [-0.3, -0.25) is 9.78 Å². The van der Waals surface area contributed by atoms with E-state index in [9.17, 15) is 4.79 Å². The van der Waals surface area contributed by atoms with Crippen molar-refractivity contribution in [3.63, 3.8) is 0 Å². The number of pyridine rings is 1. The molecule has 0 unspecified atom stereocenters. The number of aromatic nitrogens is 1. The lowest BCUT2D eigenvalue weighted by Gasteiger charge is -2.28. The molecule has 0 saturated heterocycles. The average Bonchev–Trinajstić information content (AvgIpc) is 2.47. The molecule has 0 radical (unpaired) electrons. The Balaban J connectivity index is 1.72. The van der Waals surface area contributed by atoms with Gasteiger partial charge in [-0.2, -0.15) is 0 Å². The van der Waals surface area contributed by atoms with Gasteiger partial charge < -0.3 is 4.74 Å². The minimum absolute atomic E-state index is 0.0428. The maximum atomic E-state index is 11.3. The topological polar surface area (TPSA) is 39.2 Å². The van der Waals surface area contributed by atoms with Crippen LogP contribution < -0.4 is 0 Å². The fourth-order valence-corrected chi connectivity index (χ4v) is 2.98. The number of rotatable bonds is 5. The zero-order chi connectivity index (χ0) is 13.5. The molecule has 2 rings (SSSR count). The Morgan fingerprint density at radius 3 is 2.58 bits per heavy atom. The van der Waals surface area contributed by atoms with Crippen LogP contribution in [-0.2, 0) is 9.53 Å². The van der Waals surface area contributed by atoms with Gasteiger partial charge >= 0.3 is 5.97 Å². The lowest BCUT2D eigenvalue weighted by molar-refractivity contribution is -0.143. The number of nitrogens with zero attached hydrogens (tertiary/aromatic N) is 1. The summed E-state index contributed by atoms with van der Waals surface area (Å²) in [5.41, 5.74) is 1.42. The van der Waals surface area contributed by atoms with Gasteiger partial charge in [-0.05, 0) is 68.6 Å². The lowest BCUT2D eigenvalue weighted by Crippen LogP contribution is -2.15. The van der Waals surface area contributed by atoms with Gasteiger partial charge in [0, 0.05) is 18.8 Å². The van der Waals surface area contributed by atoms with E-state index in [1.54, 1.807) is 0 Å². The maximum absolute atomic E-state index is 11.3. The van der Waals surface area contributed by atoms with Crippen molar-refractivity contribution in [3.8, 4) is 0 Å². The van der Waals surface area contributed by atoms with Crippen LogP contribution >= 0.6 is 0 Å². The molecule has 0 aromatic carbocycles. The van der Waals surface area contributed by atoms with Crippen LogP contribution in [0.2, 0.25) is 0 Å². The molecule has 0 spiro atoms. The van der Waals surface area contributed by atoms with Crippen LogP contribution in [-0.4, -0.2) is 17.6 Å². The van der Waals surface area contributed by atoms with Crippen LogP contribution in [0.1, 0.15) is 56.9 Å². The van der Waals surface area contributed by atoms with Crippen molar-refractivity contribution in [3.05, 3.63) is 30.1 Å². The van der Waals surface area contributed by atoms with Gasteiger partial charge in [0.05, 0.1) is 6.61 Å². The summed E-state index contributed by atoms with van der Waals surface area (Å²) in [7, 11) is 0. The molecule has 0 amide bonds. The summed E-state index contributed by atoms with van der Waals surface area (Å²) in [4.78, 5) is 15.4. The van der Waals surface area contributed by atoms with E-state index in [0.717, 1.165) is 6.42 Å². The SMILES string of the molecule is CCOC(=O)CCC1CCC(c2ccncc2)CC1. The predicted molar refractivity (Wildman–Crippen MR) is 74.8 cm³/mol. The Morgan fingerprint density at radius 1 is 1.26 bits per heavy atom. The van der Waals surface area contributed by atoms with E-state index in [-0.39, 0.29) is 5.97 Å². The van der Waals surface area contributed by atoms with Crippen LogP contribution in [0.5, 0.6) is 0 Å². The molecule has 3 nitrogen and oxygen atoms in total. The number of ether oxygens (including phenoxy) is 1. The van der Waals surface area contributed by atoms with Gasteiger partial charge in [-0.1, -0.05) is 0 Å². The van der Waals surface area contributed by atoms with E-state index >= 15 is 0 Å². The number of carbonyl (C=O) groups excluding carboxylic acids is 1. The summed E-state index contributed by atoms with van der Waals surface area (Å²) in [6.45, 7) is 2.35. The van der Waals surface area contributed by atoms with E-state index in [2.05, 4.69) is 17.1 Å². The summed E-state index contributed by atoms with van der Waals surface area (Å²) in [5.74, 6) is 1.34. The summed E-state index contributed by atoms with van der Waals surface area (Å²) >= 11 is 0. The molecule has 1 aromatic heterocycles. The molecule has 1 heterocycles. The standard InChI is InChI=1S/C16H23NO2/c1-2-19-16(18)8-5-13-3-6-14(7-4-13)15-9-11-17-12-10-15/h9-14H,2-8H2,1H3. The van der Waals surface area contributed by atoms with Crippen LogP contribution in [0.3, 0.4) is 0 Å². The maximum Gasteiger partial charge on any atom is 0.305 e. The minimum Gasteiger partial charge on any atom is -0.466 e.